The number of anilines is 1. The first-order valence-electron chi connectivity index (χ1n) is 11.0. The van der Waals surface area contributed by atoms with Gasteiger partial charge in [0.2, 0.25) is 5.91 Å². The van der Waals surface area contributed by atoms with Crippen molar-refractivity contribution >= 4 is 17.5 Å². The fourth-order valence-electron chi connectivity index (χ4n) is 3.93. The summed E-state index contributed by atoms with van der Waals surface area (Å²) in [6.07, 6.45) is 4.92. The van der Waals surface area contributed by atoms with Crippen molar-refractivity contribution < 1.29 is 19.1 Å². The molecule has 166 valence electrons. The van der Waals surface area contributed by atoms with E-state index in [9.17, 15) is 14.9 Å². The third kappa shape index (κ3) is 5.11. The molecule has 1 saturated carbocycles. The van der Waals surface area contributed by atoms with Crippen molar-refractivity contribution in [1.29, 1.82) is 5.26 Å². The molecule has 8 heteroatoms. The molecule has 1 amide bonds. The lowest BCUT2D eigenvalue weighted by Crippen LogP contribution is -2.26. The Kier molecular flexibility index (Phi) is 6.76. The summed E-state index contributed by atoms with van der Waals surface area (Å²) in [4.78, 5) is 32.9. The highest BCUT2D eigenvalue weighted by atomic mass is 16.5. The lowest BCUT2D eigenvalue weighted by atomic mass is 10.1. The van der Waals surface area contributed by atoms with Gasteiger partial charge in [0.25, 0.3) is 0 Å². The normalized spacial score (nSPS) is 20.2. The van der Waals surface area contributed by atoms with Gasteiger partial charge >= 0.3 is 0 Å². The molecule has 2 aromatic rings. The number of carbonyl (C=O) groups is 2. The standard InChI is InChI=1S/C24H26N4O4/c1-2-3-21(29)18-11-19(18)24(30)28-23-12-20(26-14-27-23)15-4-5-22(16(10-15)13-25)32-17-6-8-31-9-7-17/h4-5,10,12,14,17-19H,2-3,6-9,11H2,1H3,(H,26,27,28,30)/t18-,19-/m1/s1. The summed E-state index contributed by atoms with van der Waals surface area (Å²) in [5.74, 6) is 0.430. The number of ketones is 1. The molecule has 1 aliphatic carbocycles. The summed E-state index contributed by atoms with van der Waals surface area (Å²) in [6.45, 7) is 3.28. The molecule has 1 aromatic heterocycles. The zero-order valence-electron chi connectivity index (χ0n) is 18.0. The average molecular weight is 434 g/mol. The molecule has 1 aromatic carbocycles. The van der Waals surface area contributed by atoms with Crippen molar-refractivity contribution in [3.63, 3.8) is 0 Å². The molecule has 0 spiro atoms. The van der Waals surface area contributed by atoms with Crippen molar-refractivity contribution in [2.24, 2.45) is 11.8 Å². The van der Waals surface area contributed by atoms with Crippen LogP contribution >= 0.6 is 0 Å². The third-order valence-corrected chi connectivity index (χ3v) is 5.81. The summed E-state index contributed by atoms with van der Waals surface area (Å²) in [5.41, 5.74) is 1.73. The van der Waals surface area contributed by atoms with Crippen molar-refractivity contribution in [2.75, 3.05) is 18.5 Å². The maximum Gasteiger partial charge on any atom is 0.229 e. The maximum absolute atomic E-state index is 12.5. The molecule has 1 aliphatic heterocycles. The molecule has 4 rings (SSSR count). The summed E-state index contributed by atoms with van der Waals surface area (Å²) in [5, 5.41) is 12.4. The number of Topliss-reactive ketones (excluding diaryl/α,β-unsaturated/α-hetero) is 1. The molecule has 8 nitrogen and oxygen atoms in total. The van der Waals surface area contributed by atoms with Crippen LogP contribution in [0.5, 0.6) is 5.75 Å². The van der Waals surface area contributed by atoms with E-state index in [1.54, 1.807) is 18.2 Å². The number of carbonyl (C=O) groups excluding carboxylic acids is 2. The second-order valence-electron chi connectivity index (χ2n) is 8.20. The Labute approximate surface area is 187 Å². The van der Waals surface area contributed by atoms with E-state index in [4.69, 9.17) is 9.47 Å². The van der Waals surface area contributed by atoms with Gasteiger partial charge in [0.1, 0.15) is 35.9 Å². The molecule has 0 bridgehead atoms. The van der Waals surface area contributed by atoms with E-state index in [-0.39, 0.29) is 29.6 Å². The van der Waals surface area contributed by atoms with Crippen LogP contribution in [0.25, 0.3) is 11.3 Å². The minimum atomic E-state index is -0.278. The smallest absolute Gasteiger partial charge is 0.229 e. The van der Waals surface area contributed by atoms with Crippen LogP contribution in [-0.2, 0) is 14.3 Å². The van der Waals surface area contributed by atoms with E-state index in [1.807, 2.05) is 13.0 Å². The van der Waals surface area contributed by atoms with E-state index >= 15 is 0 Å². The molecular weight excluding hydrogens is 408 g/mol. The highest BCUT2D eigenvalue weighted by Gasteiger charge is 2.47. The minimum Gasteiger partial charge on any atom is -0.489 e. The fraction of sp³-hybridized carbons (Fsp3) is 0.458. The van der Waals surface area contributed by atoms with Gasteiger partial charge in [0, 0.05) is 42.7 Å². The molecule has 0 unspecified atom stereocenters. The molecule has 1 saturated heterocycles. The Balaban J connectivity index is 1.44. The van der Waals surface area contributed by atoms with Crippen LogP contribution in [0.3, 0.4) is 0 Å². The predicted molar refractivity (Wildman–Crippen MR) is 117 cm³/mol. The molecule has 2 aliphatic rings. The third-order valence-electron chi connectivity index (χ3n) is 5.81. The number of rotatable bonds is 8. The summed E-state index contributed by atoms with van der Waals surface area (Å²) >= 11 is 0. The SMILES string of the molecule is CCCC(=O)[C@@H]1C[C@H]1C(=O)Nc1cc(-c2ccc(OC3CCOCC3)c(C#N)c2)ncn1. The number of nitriles is 1. The summed E-state index contributed by atoms with van der Waals surface area (Å²) in [6, 6.07) is 9.19. The van der Waals surface area contributed by atoms with Gasteiger partial charge in [-0.1, -0.05) is 6.92 Å². The molecule has 2 fully saturated rings. The number of ether oxygens (including phenoxy) is 2. The molecule has 0 radical (unpaired) electrons. The predicted octanol–water partition coefficient (Wildman–Crippen LogP) is 3.52. The van der Waals surface area contributed by atoms with E-state index in [2.05, 4.69) is 21.4 Å². The van der Waals surface area contributed by atoms with Crippen LogP contribution < -0.4 is 10.1 Å². The Hall–Kier alpha value is -3.31. The highest BCUT2D eigenvalue weighted by molar-refractivity contribution is 5.99. The summed E-state index contributed by atoms with van der Waals surface area (Å²) < 4.78 is 11.4. The second kappa shape index (κ2) is 9.88. The Morgan fingerprint density at radius 2 is 2.03 bits per heavy atom. The van der Waals surface area contributed by atoms with Gasteiger partial charge < -0.3 is 14.8 Å². The zero-order valence-corrected chi connectivity index (χ0v) is 18.0. The topological polar surface area (TPSA) is 114 Å². The molecule has 32 heavy (non-hydrogen) atoms. The van der Waals surface area contributed by atoms with Gasteiger partial charge in [0.05, 0.1) is 24.5 Å². The molecule has 2 heterocycles. The van der Waals surface area contributed by atoms with Crippen LogP contribution in [0, 0.1) is 23.2 Å². The average Bonchev–Trinajstić information content (AvgIpc) is 3.62. The molecule has 1 N–H and O–H groups in total. The largest absolute Gasteiger partial charge is 0.489 e. The van der Waals surface area contributed by atoms with Gasteiger partial charge in [-0.2, -0.15) is 5.26 Å². The number of benzene rings is 1. The van der Waals surface area contributed by atoms with Crippen LogP contribution in [0.4, 0.5) is 5.82 Å². The van der Waals surface area contributed by atoms with Gasteiger partial charge in [-0.05, 0) is 31.0 Å². The van der Waals surface area contributed by atoms with Crippen molar-refractivity contribution in [3.05, 3.63) is 36.2 Å². The minimum absolute atomic E-state index is 0.0398. The number of hydrogen-bond donors (Lipinski definition) is 1. The van der Waals surface area contributed by atoms with E-state index in [1.165, 1.54) is 6.33 Å². The van der Waals surface area contributed by atoms with E-state index in [0.29, 0.717) is 48.9 Å². The second-order valence-corrected chi connectivity index (χ2v) is 8.20. The molecule has 2 atom stereocenters. The zero-order chi connectivity index (χ0) is 22.5. The van der Waals surface area contributed by atoms with Gasteiger partial charge in [-0.15, -0.1) is 0 Å². The Bertz CT molecular complexity index is 1040. The number of nitrogens with zero attached hydrogens (tertiary/aromatic N) is 3. The van der Waals surface area contributed by atoms with Crippen molar-refractivity contribution in [3.8, 4) is 23.1 Å². The molecular formula is C24H26N4O4. The van der Waals surface area contributed by atoms with Crippen LogP contribution in [0.15, 0.2) is 30.6 Å². The fourth-order valence-corrected chi connectivity index (χ4v) is 3.93. The van der Waals surface area contributed by atoms with Crippen molar-refractivity contribution in [2.45, 2.75) is 45.1 Å². The van der Waals surface area contributed by atoms with E-state index < -0.39 is 0 Å². The number of amides is 1. The van der Waals surface area contributed by atoms with Gasteiger partial charge in [-0.3, -0.25) is 9.59 Å². The van der Waals surface area contributed by atoms with Crippen molar-refractivity contribution in [1.82, 2.24) is 9.97 Å². The van der Waals surface area contributed by atoms with Gasteiger partial charge in [0.15, 0.2) is 0 Å². The van der Waals surface area contributed by atoms with E-state index in [0.717, 1.165) is 24.8 Å². The maximum atomic E-state index is 12.5. The lowest BCUT2D eigenvalue weighted by molar-refractivity contribution is -0.123. The number of nitrogens with one attached hydrogen (secondary N) is 1. The first-order chi connectivity index (χ1) is 15.6. The van der Waals surface area contributed by atoms with Crippen LogP contribution in [-0.4, -0.2) is 41.0 Å². The highest BCUT2D eigenvalue weighted by Crippen LogP contribution is 2.41. The van der Waals surface area contributed by atoms with Gasteiger partial charge in [-0.25, -0.2) is 9.97 Å². The quantitative estimate of drug-likeness (QED) is 0.676. The first kappa shape index (κ1) is 21.9. The Morgan fingerprint density at radius 3 is 2.78 bits per heavy atom. The van der Waals surface area contributed by atoms with Crippen LogP contribution in [0.2, 0.25) is 0 Å². The number of aromatic nitrogens is 2. The van der Waals surface area contributed by atoms with Crippen LogP contribution in [0.1, 0.15) is 44.6 Å². The Morgan fingerprint density at radius 1 is 1.22 bits per heavy atom. The number of hydrogen-bond acceptors (Lipinski definition) is 7. The first-order valence-corrected chi connectivity index (χ1v) is 11.0. The monoisotopic (exact) mass is 434 g/mol. The lowest BCUT2D eigenvalue weighted by Gasteiger charge is -2.23. The summed E-state index contributed by atoms with van der Waals surface area (Å²) in [7, 11) is 0.